The van der Waals surface area contributed by atoms with Gasteiger partial charge >= 0.3 is 0 Å². The number of nitrogens with zero attached hydrogens (tertiary/aromatic N) is 2. The van der Waals surface area contributed by atoms with Crippen molar-refractivity contribution in [3.63, 3.8) is 0 Å². The lowest BCUT2D eigenvalue weighted by Crippen LogP contribution is -2.24. The van der Waals surface area contributed by atoms with Gasteiger partial charge in [0.2, 0.25) is 5.95 Å². The quantitative estimate of drug-likeness (QED) is 0.662. The van der Waals surface area contributed by atoms with Gasteiger partial charge in [0.25, 0.3) is 5.91 Å². The second kappa shape index (κ2) is 8.17. The Morgan fingerprint density at radius 2 is 1.69 bits per heavy atom. The minimum Gasteiger partial charge on any atom is -0.347 e. The van der Waals surface area contributed by atoms with Crippen LogP contribution in [0.5, 0.6) is 0 Å². The predicted octanol–water partition coefficient (Wildman–Crippen LogP) is 4.77. The van der Waals surface area contributed by atoms with E-state index in [2.05, 4.69) is 20.6 Å². The summed E-state index contributed by atoms with van der Waals surface area (Å²) in [7, 11) is 0. The van der Waals surface area contributed by atoms with Crippen LogP contribution in [0.2, 0.25) is 10.0 Å². The van der Waals surface area contributed by atoms with Gasteiger partial charge in [-0.3, -0.25) is 4.79 Å². The predicted molar refractivity (Wildman–Crippen MR) is 104 cm³/mol. The Hall–Kier alpha value is -2.63. The molecule has 1 heterocycles. The molecule has 0 bridgehead atoms. The number of aromatic nitrogens is 2. The van der Waals surface area contributed by atoms with E-state index in [1.807, 2.05) is 30.3 Å². The van der Waals surface area contributed by atoms with Crippen LogP contribution in [0.1, 0.15) is 21.7 Å². The van der Waals surface area contributed by atoms with Crippen LogP contribution >= 0.6 is 23.2 Å². The Kier molecular flexibility index (Phi) is 5.71. The van der Waals surface area contributed by atoms with Gasteiger partial charge in [0.05, 0.1) is 0 Å². The van der Waals surface area contributed by atoms with Crippen molar-refractivity contribution in [1.29, 1.82) is 0 Å². The molecule has 0 unspecified atom stereocenters. The van der Waals surface area contributed by atoms with Crippen molar-refractivity contribution in [2.75, 3.05) is 5.32 Å². The fourth-order valence-electron chi connectivity index (χ4n) is 2.36. The third kappa shape index (κ3) is 4.94. The van der Waals surface area contributed by atoms with Crippen LogP contribution in [0.25, 0.3) is 0 Å². The molecule has 5 nitrogen and oxygen atoms in total. The van der Waals surface area contributed by atoms with Crippen LogP contribution in [0.15, 0.2) is 54.6 Å². The van der Waals surface area contributed by atoms with E-state index in [0.717, 1.165) is 5.56 Å². The summed E-state index contributed by atoms with van der Waals surface area (Å²) in [5.41, 5.74) is 2.60. The van der Waals surface area contributed by atoms with E-state index in [9.17, 15) is 4.79 Å². The average molecular weight is 387 g/mol. The lowest BCUT2D eigenvalue weighted by atomic mass is 10.2. The van der Waals surface area contributed by atoms with Crippen LogP contribution < -0.4 is 10.6 Å². The van der Waals surface area contributed by atoms with Crippen molar-refractivity contribution in [3.05, 3.63) is 81.6 Å². The number of rotatable bonds is 5. The summed E-state index contributed by atoms with van der Waals surface area (Å²) in [5, 5.41) is 6.86. The molecule has 0 fully saturated rings. The highest BCUT2D eigenvalue weighted by Gasteiger charge is 2.11. The molecule has 0 atom stereocenters. The number of benzene rings is 2. The first kappa shape index (κ1) is 18.2. The highest BCUT2D eigenvalue weighted by atomic mass is 35.5. The van der Waals surface area contributed by atoms with Gasteiger partial charge in [0, 0.05) is 28.0 Å². The van der Waals surface area contributed by atoms with Gasteiger partial charge in [0.15, 0.2) is 0 Å². The molecule has 3 rings (SSSR count). The Morgan fingerprint density at radius 3 is 2.38 bits per heavy atom. The van der Waals surface area contributed by atoms with Gasteiger partial charge in [-0.1, -0.05) is 53.5 Å². The summed E-state index contributed by atoms with van der Waals surface area (Å²) >= 11 is 12.0. The van der Waals surface area contributed by atoms with Crippen molar-refractivity contribution in [2.45, 2.75) is 13.5 Å². The van der Waals surface area contributed by atoms with E-state index < -0.39 is 0 Å². The smallest absolute Gasteiger partial charge is 0.270 e. The number of hydrogen-bond donors (Lipinski definition) is 2. The van der Waals surface area contributed by atoms with E-state index in [1.54, 1.807) is 31.2 Å². The van der Waals surface area contributed by atoms with E-state index in [1.165, 1.54) is 0 Å². The number of halogens is 2. The van der Waals surface area contributed by atoms with E-state index >= 15 is 0 Å². The first-order valence-corrected chi connectivity index (χ1v) is 8.66. The summed E-state index contributed by atoms with van der Waals surface area (Å²) < 4.78 is 0. The number of carbonyl (C=O) groups is 1. The molecule has 2 aromatic carbocycles. The van der Waals surface area contributed by atoms with Gasteiger partial charge in [-0.25, -0.2) is 9.97 Å². The van der Waals surface area contributed by atoms with Gasteiger partial charge in [0.1, 0.15) is 5.69 Å². The molecule has 0 radical (unpaired) electrons. The van der Waals surface area contributed by atoms with Gasteiger partial charge in [-0.15, -0.1) is 0 Å². The molecule has 1 aromatic heterocycles. The van der Waals surface area contributed by atoms with Gasteiger partial charge in [-0.2, -0.15) is 0 Å². The standard InChI is InChI=1S/C19H16Cl2N4O/c1-12-7-17(18(26)22-11-13-5-3-2-4-6-13)25-19(23-12)24-16-9-14(20)8-15(21)10-16/h2-10H,11H2,1H3,(H,22,26)(H,23,24,25). The molecule has 2 N–H and O–H groups in total. The Labute approximate surface area is 161 Å². The maximum absolute atomic E-state index is 12.4. The van der Waals surface area contributed by atoms with E-state index in [4.69, 9.17) is 23.2 Å². The lowest BCUT2D eigenvalue weighted by molar-refractivity contribution is 0.0945. The van der Waals surface area contributed by atoms with Crippen molar-refractivity contribution >= 4 is 40.7 Å². The van der Waals surface area contributed by atoms with Crippen molar-refractivity contribution < 1.29 is 4.79 Å². The number of amides is 1. The summed E-state index contributed by atoms with van der Waals surface area (Å²) in [6, 6.07) is 16.3. The maximum Gasteiger partial charge on any atom is 0.270 e. The highest BCUT2D eigenvalue weighted by Crippen LogP contribution is 2.24. The largest absolute Gasteiger partial charge is 0.347 e. The molecule has 0 spiro atoms. The SMILES string of the molecule is Cc1cc(C(=O)NCc2ccccc2)nc(Nc2cc(Cl)cc(Cl)c2)n1. The Bertz CT molecular complexity index is 912. The lowest BCUT2D eigenvalue weighted by Gasteiger charge is -2.09. The zero-order chi connectivity index (χ0) is 18.5. The molecule has 0 saturated carbocycles. The second-order valence-corrected chi connectivity index (χ2v) is 6.54. The molecule has 7 heteroatoms. The van der Waals surface area contributed by atoms with Crippen LogP contribution in [0.3, 0.4) is 0 Å². The van der Waals surface area contributed by atoms with Gasteiger partial charge < -0.3 is 10.6 Å². The molecule has 132 valence electrons. The summed E-state index contributed by atoms with van der Waals surface area (Å²) in [5.74, 6) is 0.0275. The van der Waals surface area contributed by atoms with Crippen LogP contribution in [-0.4, -0.2) is 15.9 Å². The molecule has 0 aliphatic rings. The average Bonchev–Trinajstić information content (AvgIpc) is 2.59. The minimum atomic E-state index is -0.272. The number of hydrogen-bond acceptors (Lipinski definition) is 4. The van der Waals surface area contributed by atoms with Crippen LogP contribution in [0.4, 0.5) is 11.6 Å². The third-order valence-corrected chi connectivity index (χ3v) is 3.94. The minimum absolute atomic E-state index is 0.272. The summed E-state index contributed by atoms with van der Waals surface area (Å²) in [6.07, 6.45) is 0. The van der Waals surface area contributed by atoms with Crippen molar-refractivity contribution in [1.82, 2.24) is 15.3 Å². The molecular weight excluding hydrogens is 371 g/mol. The second-order valence-electron chi connectivity index (χ2n) is 5.67. The molecule has 1 amide bonds. The highest BCUT2D eigenvalue weighted by molar-refractivity contribution is 6.35. The molecule has 0 aliphatic carbocycles. The topological polar surface area (TPSA) is 66.9 Å². The number of anilines is 2. The number of nitrogens with one attached hydrogen (secondary N) is 2. The molecule has 26 heavy (non-hydrogen) atoms. The molecule has 3 aromatic rings. The third-order valence-electron chi connectivity index (χ3n) is 3.50. The van der Waals surface area contributed by atoms with E-state index in [-0.39, 0.29) is 11.6 Å². The zero-order valence-corrected chi connectivity index (χ0v) is 15.5. The Balaban J connectivity index is 1.75. The van der Waals surface area contributed by atoms with Crippen LogP contribution in [-0.2, 0) is 6.54 Å². The first-order chi connectivity index (χ1) is 12.5. The molecule has 0 aliphatic heterocycles. The monoisotopic (exact) mass is 386 g/mol. The van der Waals surface area contributed by atoms with E-state index in [0.29, 0.717) is 33.9 Å². The maximum atomic E-state index is 12.4. The molecular formula is C19H16Cl2N4O. The number of aryl methyl sites for hydroxylation is 1. The number of carbonyl (C=O) groups excluding carboxylic acids is 1. The van der Waals surface area contributed by atoms with Crippen LogP contribution in [0, 0.1) is 6.92 Å². The molecule has 0 saturated heterocycles. The Morgan fingerprint density at radius 1 is 1.00 bits per heavy atom. The fraction of sp³-hybridized carbons (Fsp3) is 0.105. The van der Waals surface area contributed by atoms with Crippen molar-refractivity contribution in [3.8, 4) is 0 Å². The zero-order valence-electron chi connectivity index (χ0n) is 14.0. The van der Waals surface area contributed by atoms with Crippen molar-refractivity contribution in [2.24, 2.45) is 0 Å². The first-order valence-electron chi connectivity index (χ1n) is 7.90. The normalized spacial score (nSPS) is 10.4. The van der Waals surface area contributed by atoms with Gasteiger partial charge in [-0.05, 0) is 36.8 Å². The fourth-order valence-corrected chi connectivity index (χ4v) is 2.89. The summed E-state index contributed by atoms with van der Waals surface area (Å²) in [4.78, 5) is 21.0. The summed E-state index contributed by atoms with van der Waals surface area (Å²) in [6.45, 7) is 2.22.